The second-order valence-corrected chi connectivity index (χ2v) is 3.97. The van der Waals surface area contributed by atoms with Gasteiger partial charge in [0.25, 0.3) is 0 Å². The van der Waals surface area contributed by atoms with Crippen LogP contribution in [0.1, 0.15) is 39.5 Å². The van der Waals surface area contributed by atoms with Gasteiger partial charge in [0, 0.05) is 0 Å². The molecule has 0 rings (SSSR count). The lowest BCUT2D eigenvalue weighted by molar-refractivity contribution is -0.527. The standard InChI is InChI=1S/C9H22N2O6/c1-3-8(2)5-4-6-9(17-11(14)15)7-16-10(12)13/h8-9,12-15H,3-7H2,1-2H3/t8?,9-/m1/s1. The summed E-state index contributed by atoms with van der Waals surface area (Å²) < 4.78 is 0. The van der Waals surface area contributed by atoms with E-state index in [-0.39, 0.29) is 6.61 Å². The summed E-state index contributed by atoms with van der Waals surface area (Å²) in [6.45, 7) is 4.02. The van der Waals surface area contributed by atoms with E-state index in [0.29, 0.717) is 12.3 Å². The molecule has 8 nitrogen and oxygen atoms in total. The number of hydrogen-bond donors (Lipinski definition) is 4. The van der Waals surface area contributed by atoms with E-state index in [2.05, 4.69) is 23.5 Å². The molecule has 2 atom stereocenters. The van der Waals surface area contributed by atoms with E-state index in [4.69, 9.17) is 20.8 Å². The lowest BCUT2D eigenvalue weighted by Crippen LogP contribution is -2.31. The Bertz CT molecular complexity index is 181. The Balaban J connectivity index is 3.84. The molecule has 0 aliphatic carbocycles. The van der Waals surface area contributed by atoms with Gasteiger partial charge >= 0.3 is 0 Å². The molecule has 0 saturated heterocycles. The first-order chi connectivity index (χ1) is 7.95. The second-order valence-electron chi connectivity index (χ2n) is 3.97. The first kappa shape index (κ1) is 16.7. The zero-order valence-corrected chi connectivity index (χ0v) is 10.2. The Labute approximate surface area is 100 Å². The van der Waals surface area contributed by atoms with Gasteiger partial charge in [-0.15, -0.1) is 0 Å². The van der Waals surface area contributed by atoms with Gasteiger partial charge in [-0.05, 0) is 12.3 Å². The molecule has 4 N–H and O–H groups in total. The third-order valence-electron chi connectivity index (χ3n) is 2.54. The fourth-order valence-corrected chi connectivity index (χ4v) is 1.35. The summed E-state index contributed by atoms with van der Waals surface area (Å²) in [6.07, 6.45) is 2.71. The lowest BCUT2D eigenvalue weighted by atomic mass is 10.0. The number of hydrogen-bond acceptors (Lipinski definition) is 8. The summed E-state index contributed by atoms with van der Waals surface area (Å²) in [5, 5.41) is 32.9. The van der Waals surface area contributed by atoms with Crippen LogP contribution in [0.3, 0.4) is 0 Å². The van der Waals surface area contributed by atoms with Gasteiger partial charge in [-0.3, -0.25) is 20.8 Å². The summed E-state index contributed by atoms with van der Waals surface area (Å²) in [4.78, 5) is 8.95. The molecule has 0 aromatic carbocycles. The van der Waals surface area contributed by atoms with Gasteiger partial charge in [0.05, 0.1) is 10.8 Å². The van der Waals surface area contributed by atoms with E-state index in [1.807, 2.05) is 0 Å². The van der Waals surface area contributed by atoms with E-state index in [1.165, 1.54) is 0 Å². The predicted molar refractivity (Wildman–Crippen MR) is 55.0 cm³/mol. The van der Waals surface area contributed by atoms with Crippen LogP contribution < -0.4 is 0 Å². The minimum atomic E-state index is -0.671. The molecule has 0 aliphatic rings. The smallest absolute Gasteiger partial charge is 0.110 e. The summed E-state index contributed by atoms with van der Waals surface area (Å²) in [7, 11) is 0. The molecular weight excluding hydrogens is 232 g/mol. The molecule has 0 aromatic heterocycles. The molecule has 0 amide bonds. The highest BCUT2D eigenvalue weighted by Crippen LogP contribution is 2.14. The molecule has 0 aliphatic heterocycles. The SMILES string of the molecule is CCC(C)CCC[C@H](CON(O)O)ON(O)O. The number of rotatable bonds is 10. The Morgan fingerprint density at radius 2 is 1.71 bits per heavy atom. The Hall–Kier alpha value is -0.320. The molecule has 0 spiro atoms. The van der Waals surface area contributed by atoms with Crippen LogP contribution in [-0.2, 0) is 9.68 Å². The average molecular weight is 254 g/mol. The molecule has 17 heavy (non-hydrogen) atoms. The van der Waals surface area contributed by atoms with E-state index >= 15 is 0 Å². The molecule has 8 heteroatoms. The second kappa shape index (κ2) is 9.68. The monoisotopic (exact) mass is 254 g/mol. The molecule has 0 heterocycles. The number of nitrogens with zero attached hydrogens (tertiary/aromatic N) is 2. The van der Waals surface area contributed by atoms with Gasteiger partial charge in [0.15, 0.2) is 0 Å². The summed E-state index contributed by atoms with van der Waals surface area (Å²) in [6, 6.07) is 0. The van der Waals surface area contributed by atoms with E-state index in [9.17, 15) is 0 Å². The predicted octanol–water partition coefficient (Wildman–Crippen LogP) is 1.60. The highest BCUT2D eigenvalue weighted by Gasteiger charge is 2.15. The molecule has 0 saturated carbocycles. The van der Waals surface area contributed by atoms with Gasteiger partial charge in [-0.25, -0.2) is 9.68 Å². The fraction of sp³-hybridized carbons (Fsp3) is 1.00. The van der Waals surface area contributed by atoms with Crippen LogP contribution in [0.2, 0.25) is 0 Å². The Kier molecular flexibility index (Phi) is 9.50. The zero-order valence-electron chi connectivity index (χ0n) is 10.2. The summed E-state index contributed by atoms with van der Waals surface area (Å²) >= 11 is 0. The van der Waals surface area contributed by atoms with Crippen LogP contribution in [-0.4, -0.2) is 44.3 Å². The third-order valence-corrected chi connectivity index (χ3v) is 2.54. The van der Waals surface area contributed by atoms with E-state index in [1.54, 1.807) is 0 Å². The molecule has 1 unspecified atom stereocenters. The largest absolute Gasteiger partial charge is 0.266 e. The van der Waals surface area contributed by atoms with Crippen LogP contribution in [0.5, 0.6) is 0 Å². The molecule has 0 aromatic rings. The molecule has 0 bridgehead atoms. The maximum atomic E-state index is 8.52. The maximum absolute atomic E-state index is 8.52. The molecule has 0 fully saturated rings. The minimum Gasteiger partial charge on any atom is -0.266 e. The first-order valence-corrected chi connectivity index (χ1v) is 5.61. The van der Waals surface area contributed by atoms with Crippen molar-refractivity contribution in [3.05, 3.63) is 0 Å². The quantitative estimate of drug-likeness (QED) is 0.435. The highest BCUT2D eigenvalue weighted by atomic mass is 17.1. The van der Waals surface area contributed by atoms with Crippen molar-refractivity contribution in [1.29, 1.82) is 0 Å². The zero-order chi connectivity index (χ0) is 13.3. The molecular formula is C9H22N2O6. The van der Waals surface area contributed by atoms with Crippen molar-refractivity contribution in [3.63, 3.8) is 0 Å². The van der Waals surface area contributed by atoms with E-state index < -0.39 is 16.9 Å². The van der Waals surface area contributed by atoms with Crippen molar-refractivity contribution in [1.82, 2.24) is 10.8 Å². The van der Waals surface area contributed by atoms with Gasteiger partial charge in [0.2, 0.25) is 0 Å². The van der Waals surface area contributed by atoms with Crippen LogP contribution in [0, 0.1) is 5.92 Å². The Morgan fingerprint density at radius 1 is 1.06 bits per heavy atom. The van der Waals surface area contributed by atoms with Crippen LogP contribution in [0.25, 0.3) is 0 Å². The van der Waals surface area contributed by atoms with Crippen LogP contribution in [0.4, 0.5) is 0 Å². The van der Waals surface area contributed by atoms with Crippen molar-refractivity contribution in [2.24, 2.45) is 5.92 Å². The topological polar surface area (TPSA) is 106 Å². The van der Waals surface area contributed by atoms with Crippen molar-refractivity contribution in [2.45, 2.75) is 45.6 Å². The summed E-state index contributed by atoms with van der Waals surface area (Å²) in [5.74, 6) is 0.586. The average Bonchev–Trinajstić information content (AvgIpc) is 2.24. The van der Waals surface area contributed by atoms with Gasteiger partial charge in [-0.1, -0.05) is 33.1 Å². The van der Waals surface area contributed by atoms with Crippen molar-refractivity contribution >= 4 is 0 Å². The molecule has 0 radical (unpaired) electrons. The van der Waals surface area contributed by atoms with Crippen molar-refractivity contribution in [3.8, 4) is 0 Å². The summed E-state index contributed by atoms with van der Waals surface area (Å²) in [5.41, 5.74) is 0. The molecule has 104 valence electrons. The maximum Gasteiger partial charge on any atom is 0.110 e. The highest BCUT2D eigenvalue weighted by molar-refractivity contribution is 4.58. The minimum absolute atomic E-state index is 0.203. The van der Waals surface area contributed by atoms with Gasteiger partial charge < -0.3 is 0 Å². The van der Waals surface area contributed by atoms with E-state index in [0.717, 1.165) is 19.3 Å². The van der Waals surface area contributed by atoms with Gasteiger partial charge in [-0.2, -0.15) is 0 Å². The first-order valence-electron chi connectivity index (χ1n) is 5.61. The lowest BCUT2D eigenvalue weighted by Gasteiger charge is -2.19. The van der Waals surface area contributed by atoms with Crippen LogP contribution >= 0.6 is 0 Å². The normalized spacial score (nSPS) is 15.5. The Morgan fingerprint density at radius 3 is 2.18 bits per heavy atom. The van der Waals surface area contributed by atoms with Gasteiger partial charge in [0.1, 0.15) is 12.7 Å². The van der Waals surface area contributed by atoms with Crippen LogP contribution in [0.15, 0.2) is 0 Å². The van der Waals surface area contributed by atoms with Crippen molar-refractivity contribution in [2.75, 3.05) is 6.61 Å². The van der Waals surface area contributed by atoms with Crippen molar-refractivity contribution < 1.29 is 30.5 Å². The third kappa shape index (κ3) is 10.5. The fourth-order valence-electron chi connectivity index (χ4n) is 1.35.